The Morgan fingerprint density at radius 3 is 2.71 bits per heavy atom. The number of aliphatic hydroxyl groups excluding tert-OH is 1. The van der Waals surface area contributed by atoms with Crippen molar-refractivity contribution < 1.29 is 23.4 Å². The Bertz CT molecular complexity index is 766. The minimum atomic E-state index is -0.703. The van der Waals surface area contributed by atoms with Gasteiger partial charge in [-0.1, -0.05) is 12.1 Å². The fourth-order valence-corrected chi connectivity index (χ4v) is 3.03. The van der Waals surface area contributed by atoms with Gasteiger partial charge in [0.25, 0.3) is 5.91 Å². The van der Waals surface area contributed by atoms with Crippen LogP contribution in [0.4, 0.5) is 8.78 Å². The number of hydrogen-bond donors (Lipinski definition) is 1. The summed E-state index contributed by atoms with van der Waals surface area (Å²) in [6, 6.07) is 9.44. The Morgan fingerprint density at radius 1 is 1.25 bits per heavy atom. The predicted molar refractivity (Wildman–Crippen MR) is 83.8 cm³/mol. The molecule has 0 bridgehead atoms. The molecule has 2 aromatic rings. The highest BCUT2D eigenvalue weighted by Gasteiger charge is 2.36. The zero-order valence-electron chi connectivity index (χ0n) is 13.1. The smallest absolute Gasteiger partial charge is 0.254 e. The van der Waals surface area contributed by atoms with Crippen molar-refractivity contribution in [2.75, 3.05) is 13.7 Å². The molecule has 24 heavy (non-hydrogen) atoms. The fraction of sp³-hybridized carbons (Fsp3) is 0.278. The van der Waals surface area contributed by atoms with Gasteiger partial charge in [-0.25, -0.2) is 8.78 Å². The third kappa shape index (κ3) is 3.10. The van der Waals surface area contributed by atoms with Crippen LogP contribution in [0.25, 0.3) is 0 Å². The first-order valence-corrected chi connectivity index (χ1v) is 7.57. The Labute approximate surface area is 138 Å². The van der Waals surface area contributed by atoms with E-state index in [2.05, 4.69) is 0 Å². The van der Waals surface area contributed by atoms with E-state index in [-0.39, 0.29) is 17.9 Å². The standard InChI is InChI=1S/C18H17F2NO3/c1-24-17-6-5-12(8-15(17)20)18(23)21-10-14(22)9-16(21)11-3-2-4-13(19)7-11/h2-8,14,16,22H,9-10H2,1H3/t14-,16+/m0/s1. The number of aliphatic hydroxyl groups is 1. The topological polar surface area (TPSA) is 49.8 Å². The van der Waals surface area contributed by atoms with Crippen molar-refractivity contribution >= 4 is 5.91 Å². The number of likely N-dealkylation sites (tertiary alicyclic amines) is 1. The van der Waals surface area contributed by atoms with Crippen LogP contribution >= 0.6 is 0 Å². The first kappa shape index (κ1) is 16.4. The minimum Gasteiger partial charge on any atom is -0.494 e. The molecule has 126 valence electrons. The number of nitrogens with zero attached hydrogens (tertiary/aromatic N) is 1. The molecule has 1 aliphatic heterocycles. The molecule has 1 fully saturated rings. The highest BCUT2D eigenvalue weighted by molar-refractivity contribution is 5.95. The van der Waals surface area contributed by atoms with Crippen LogP contribution in [-0.4, -0.2) is 35.7 Å². The van der Waals surface area contributed by atoms with Crippen molar-refractivity contribution in [3.8, 4) is 5.75 Å². The summed E-state index contributed by atoms with van der Waals surface area (Å²) in [5.41, 5.74) is 0.762. The van der Waals surface area contributed by atoms with Crippen molar-refractivity contribution in [1.82, 2.24) is 4.90 Å². The second kappa shape index (κ2) is 6.57. The molecule has 0 aromatic heterocycles. The van der Waals surface area contributed by atoms with Gasteiger partial charge in [-0.15, -0.1) is 0 Å². The normalized spacial score (nSPS) is 20.2. The van der Waals surface area contributed by atoms with Gasteiger partial charge in [0.05, 0.1) is 19.3 Å². The molecule has 6 heteroatoms. The molecule has 0 spiro atoms. The van der Waals surface area contributed by atoms with Gasteiger partial charge in [-0.05, 0) is 42.3 Å². The van der Waals surface area contributed by atoms with Crippen molar-refractivity contribution in [1.29, 1.82) is 0 Å². The number of methoxy groups -OCH3 is 1. The third-order valence-electron chi connectivity index (χ3n) is 4.17. The third-order valence-corrected chi connectivity index (χ3v) is 4.17. The number of rotatable bonds is 3. The lowest BCUT2D eigenvalue weighted by molar-refractivity contribution is 0.0715. The number of carbonyl (C=O) groups excluding carboxylic acids is 1. The lowest BCUT2D eigenvalue weighted by Crippen LogP contribution is -2.31. The lowest BCUT2D eigenvalue weighted by atomic mass is 10.0. The second-order valence-corrected chi connectivity index (χ2v) is 5.77. The van der Waals surface area contributed by atoms with Crippen molar-refractivity contribution in [3.05, 3.63) is 65.2 Å². The quantitative estimate of drug-likeness (QED) is 0.940. The van der Waals surface area contributed by atoms with Crippen LogP contribution < -0.4 is 4.74 Å². The fourth-order valence-electron chi connectivity index (χ4n) is 3.03. The average molecular weight is 333 g/mol. The van der Waals surface area contributed by atoms with E-state index in [1.807, 2.05) is 0 Å². The lowest BCUT2D eigenvalue weighted by Gasteiger charge is -2.25. The molecule has 0 saturated carbocycles. The summed E-state index contributed by atoms with van der Waals surface area (Å²) in [6.07, 6.45) is -0.390. The van der Waals surface area contributed by atoms with Crippen LogP contribution in [0.2, 0.25) is 0 Å². The van der Waals surface area contributed by atoms with Crippen LogP contribution in [0.3, 0.4) is 0 Å². The summed E-state index contributed by atoms with van der Waals surface area (Å²) in [5.74, 6) is -1.40. The zero-order chi connectivity index (χ0) is 17.3. The van der Waals surface area contributed by atoms with Crippen LogP contribution in [0, 0.1) is 11.6 Å². The highest BCUT2D eigenvalue weighted by atomic mass is 19.1. The maximum absolute atomic E-state index is 13.9. The van der Waals surface area contributed by atoms with E-state index < -0.39 is 29.7 Å². The number of halogens is 2. The maximum atomic E-state index is 13.9. The number of benzene rings is 2. The van der Waals surface area contributed by atoms with Crippen molar-refractivity contribution in [3.63, 3.8) is 0 Å². The molecule has 1 N–H and O–H groups in total. The number of amides is 1. The summed E-state index contributed by atoms with van der Waals surface area (Å²) in [6.45, 7) is 0.119. The summed E-state index contributed by atoms with van der Waals surface area (Å²) >= 11 is 0. The molecule has 1 amide bonds. The van der Waals surface area contributed by atoms with E-state index in [1.54, 1.807) is 12.1 Å². The average Bonchev–Trinajstić information content (AvgIpc) is 2.96. The number of hydrogen-bond acceptors (Lipinski definition) is 3. The van der Waals surface area contributed by atoms with E-state index >= 15 is 0 Å². The Balaban J connectivity index is 1.91. The molecular formula is C18H17F2NO3. The van der Waals surface area contributed by atoms with Gasteiger partial charge in [0.2, 0.25) is 0 Å². The van der Waals surface area contributed by atoms with Gasteiger partial charge in [-0.2, -0.15) is 0 Å². The monoisotopic (exact) mass is 333 g/mol. The maximum Gasteiger partial charge on any atom is 0.254 e. The summed E-state index contributed by atoms with van der Waals surface area (Å²) in [4.78, 5) is 14.2. The van der Waals surface area contributed by atoms with E-state index in [0.29, 0.717) is 12.0 Å². The molecule has 0 radical (unpaired) electrons. The van der Waals surface area contributed by atoms with Crippen molar-refractivity contribution in [2.24, 2.45) is 0 Å². The molecule has 1 aliphatic rings. The second-order valence-electron chi connectivity index (χ2n) is 5.77. The molecule has 0 unspecified atom stereocenters. The molecule has 1 heterocycles. The molecule has 1 saturated heterocycles. The summed E-state index contributed by atoms with van der Waals surface area (Å²) in [5, 5.41) is 9.95. The largest absolute Gasteiger partial charge is 0.494 e. The van der Waals surface area contributed by atoms with Gasteiger partial charge in [0.1, 0.15) is 5.82 Å². The Morgan fingerprint density at radius 2 is 2.04 bits per heavy atom. The number of carbonyl (C=O) groups is 1. The van der Waals surface area contributed by atoms with E-state index in [1.165, 1.54) is 36.3 Å². The van der Waals surface area contributed by atoms with E-state index in [0.717, 1.165) is 6.07 Å². The molecule has 4 nitrogen and oxygen atoms in total. The summed E-state index contributed by atoms with van der Waals surface area (Å²) < 4.78 is 32.2. The van der Waals surface area contributed by atoms with Crippen LogP contribution in [0.1, 0.15) is 28.4 Å². The van der Waals surface area contributed by atoms with Crippen molar-refractivity contribution in [2.45, 2.75) is 18.6 Å². The molecule has 2 atom stereocenters. The highest BCUT2D eigenvalue weighted by Crippen LogP contribution is 2.34. The predicted octanol–water partition coefficient (Wildman–Crippen LogP) is 2.92. The Kier molecular flexibility index (Phi) is 4.49. The van der Waals surface area contributed by atoms with Gasteiger partial charge in [0.15, 0.2) is 11.6 Å². The first-order chi connectivity index (χ1) is 11.5. The molecular weight excluding hydrogens is 316 g/mol. The zero-order valence-corrected chi connectivity index (χ0v) is 13.1. The molecule has 3 rings (SSSR count). The van der Waals surface area contributed by atoms with Gasteiger partial charge in [-0.3, -0.25) is 4.79 Å². The summed E-state index contributed by atoms with van der Waals surface area (Å²) in [7, 11) is 1.34. The van der Waals surface area contributed by atoms with E-state index in [9.17, 15) is 18.7 Å². The first-order valence-electron chi connectivity index (χ1n) is 7.57. The molecule has 2 aromatic carbocycles. The van der Waals surface area contributed by atoms with Crippen LogP contribution in [0.5, 0.6) is 5.75 Å². The van der Waals surface area contributed by atoms with Crippen LogP contribution in [0.15, 0.2) is 42.5 Å². The van der Waals surface area contributed by atoms with Crippen LogP contribution in [-0.2, 0) is 0 Å². The number of ether oxygens (including phenoxy) is 1. The van der Waals surface area contributed by atoms with Gasteiger partial charge < -0.3 is 14.7 Å². The van der Waals surface area contributed by atoms with E-state index in [4.69, 9.17) is 4.74 Å². The SMILES string of the molecule is COc1ccc(C(=O)N2C[C@@H](O)C[C@@H]2c2cccc(F)c2)cc1F. The minimum absolute atomic E-state index is 0.0506. The number of β-amino-alcohol motifs (C(OH)–C–C–N with tert-alkyl or cyclic N) is 1. The van der Waals surface area contributed by atoms with Gasteiger partial charge in [0, 0.05) is 12.1 Å². The van der Waals surface area contributed by atoms with Gasteiger partial charge >= 0.3 is 0 Å². The molecule has 0 aliphatic carbocycles. The Hall–Kier alpha value is -2.47.